The van der Waals surface area contributed by atoms with E-state index in [1.807, 2.05) is 11.6 Å². The maximum Gasteiger partial charge on any atom is 0.387 e. The summed E-state index contributed by atoms with van der Waals surface area (Å²) in [6.45, 7) is -2.86. The van der Waals surface area contributed by atoms with Crippen LogP contribution in [-0.4, -0.2) is 10.6 Å². The number of hydrogen-bond acceptors (Lipinski definition) is 3. The van der Waals surface area contributed by atoms with E-state index in [-0.39, 0.29) is 5.75 Å². The van der Waals surface area contributed by atoms with Crippen LogP contribution in [0.1, 0.15) is 5.56 Å². The van der Waals surface area contributed by atoms with Crippen molar-refractivity contribution in [3.63, 3.8) is 0 Å². The van der Waals surface area contributed by atoms with Crippen molar-refractivity contribution in [1.29, 1.82) is 0 Å². The first-order valence-corrected chi connectivity index (χ1v) is 5.64. The summed E-state index contributed by atoms with van der Waals surface area (Å²) in [5.41, 5.74) is 6.65. The molecule has 17 heavy (non-hydrogen) atoms. The summed E-state index contributed by atoms with van der Waals surface area (Å²) in [6.07, 6.45) is 3.46. The van der Waals surface area contributed by atoms with Gasteiger partial charge in [0, 0.05) is 23.3 Å². The van der Waals surface area contributed by atoms with Crippen LogP contribution in [0.3, 0.4) is 0 Å². The molecule has 0 amide bonds. The Morgan fingerprint density at radius 2 is 2.12 bits per heavy atom. The quantitative estimate of drug-likeness (QED) is 0.913. The first kappa shape index (κ1) is 11.7. The van der Waals surface area contributed by atoms with Crippen molar-refractivity contribution < 1.29 is 13.5 Å². The molecule has 0 aliphatic rings. The van der Waals surface area contributed by atoms with Crippen molar-refractivity contribution >= 4 is 23.4 Å². The van der Waals surface area contributed by atoms with Crippen LogP contribution in [0.15, 0.2) is 35.8 Å². The zero-order valence-corrected chi connectivity index (χ0v) is 9.53. The molecule has 3 nitrogen and oxygen atoms in total. The van der Waals surface area contributed by atoms with E-state index in [0.717, 1.165) is 0 Å². The molecule has 2 aromatic rings. The summed E-state index contributed by atoms with van der Waals surface area (Å²) in [5.74, 6) is 0.0748. The molecule has 0 unspecified atom stereocenters. The van der Waals surface area contributed by atoms with Crippen molar-refractivity contribution in [1.82, 2.24) is 3.96 Å². The van der Waals surface area contributed by atoms with Gasteiger partial charge in [-0.15, -0.1) is 0 Å². The van der Waals surface area contributed by atoms with Gasteiger partial charge in [-0.1, -0.05) is 23.7 Å². The second kappa shape index (κ2) is 5.01. The average molecular weight is 256 g/mol. The lowest BCUT2D eigenvalue weighted by Gasteiger charge is -2.11. The second-order valence-electron chi connectivity index (χ2n) is 3.21. The third-order valence-corrected chi connectivity index (χ3v) is 2.78. The molecule has 1 aromatic carbocycles. The molecule has 0 radical (unpaired) electrons. The molecule has 0 fully saturated rings. The van der Waals surface area contributed by atoms with Crippen LogP contribution in [0.2, 0.25) is 0 Å². The van der Waals surface area contributed by atoms with Crippen LogP contribution in [0, 0.1) is 0 Å². The number of alkyl halides is 2. The predicted octanol–water partition coefficient (Wildman–Crippen LogP) is 3.07. The van der Waals surface area contributed by atoms with Gasteiger partial charge in [-0.2, -0.15) is 8.78 Å². The van der Waals surface area contributed by atoms with Gasteiger partial charge in [0.05, 0.1) is 5.70 Å². The summed E-state index contributed by atoms with van der Waals surface area (Å²) in [5, 5.41) is 1.88. The van der Waals surface area contributed by atoms with E-state index in [2.05, 4.69) is 4.74 Å². The van der Waals surface area contributed by atoms with E-state index in [1.54, 1.807) is 28.4 Å². The van der Waals surface area contributed by atoms with Crippen molar-refractivity contribution in [2.24, 2.45) is 5.73 Å². The fourth-order valence-corrected chi connectivity index (χ4v) is 1.75. The molecule has 0 atom stereocenters. The third-order valence-electron chi connectivity index (χ3n) is 2.07. The minimum absolute atomic E-state index is 0.0748. The first-order chi connectivity index (χ1) is 8.16. The molecule has 0 bridgehead atoms. The van der Waals surface area contributed by atoms with E-state index in [0.29, 0.717) is 11.3 Å². The molecule has 2 N–H and O–H groups in total. The number of aromatic nitrogens is 1. The molecule has 6 heteroatoms. The van der Waals surface area contributed by atoms with Crippen LogP contribution in [0.25, 0.3) is 11.9 Å². The van der Waals surface area contributed by atoms with Crippen molar-refractivity contribution in [3.8, 4) is 5.75 Å². The van der Waals surface area contributed by atoms with Crippen LogP contribution in [-0.2, 0) is 0 Å². The zero-order chi connectivity index (χ0) is 12.3. The summed E-state index contributed by atoms with van der Waals surface area (Å²) >= 11 is 1.46. The number of rotatable bonds is 4. The number of benzene rings is 1. The average Bonchev–Trinajstić information content (AvgIpc) is 2.23. The zero-order valence-electron chi connectivity index (χ0n) is 8.72. The van der Waals surface area contributed by atoms with Gasteiger partial charge in [-0.25, -0.2) is 0 Å². The van der Waals surface area contributed by atoms with Crippen LogP contribution in [0.4, 0.5) is 8.78 Å². The lowest BCUT2D eigenvalue weighted by atomic mass is 10.1. The summed E-state index contributed by atoms with van der Waals surface area (Å²) in [4.78, 5) is 0. The third kappa shape index (κ3) is 2.85. The van der Waals surface area contributed by atoms with Gasteiger partial charge in [0.25, 0.3) is 0 Å². The highest BCUT2D eigenvalue weighted by molar-refractivity contribution is 7.05. The number of halogens is 2. The fourth-order valence-electron chi connectivity index (χ4n) is 1.32. The molecule has 0 aliphatic carbocycles. The Kier molecular flexibility index (Phi) is 3.43. The molecule has 0 saturated heterocycles. The highest BCUT2D eigenvalue weighted by atomic mass is 32.1. The predicted molar refractivity (Wildman–Crippen MR) is 63.7 cm³/mol. The van der Waals surface area contributed by atoms with Gasteiger partial charge in [-0.05, 0) is 12.1 Å². The topological polar surface area (TPSA) is 40.2 Å². The Morgan fingerprint density at radius 3 is 2.71 bits per heavy atom. The van der Waals surface area contributed by atoms with E-state index in [9.17, 15) is 8.78 Å². The maximum absolute atomic E-state index is 12.2. The molecule has 0 aliphatic heterocycles. The van der Waals surface area contributed by atoms with E-state index < -0.39 is 6.61 Å². The Balaban J connectivity index is 2.29. The molecule has 0 spiro atoms. The monoisotopic (exact) mass is 256 g/mol. The lowest BCUT2D eigenvalue weighted by Crippen LogP contribution is -2.07. The Morgan fingerprint density at radius 1 is 1.41 bits per heavy atom. The van der Waals surface area contributed by atoms with E-state index in [4.69, 9.17) is 5.73 Å². The Labute approximate surface area is 101 Å². The van der Waals surface area contributed by atoms with Crippen LogP contribution < -0.4 is 10.5 Å². The SMILES string of the molecule is N/C(=C\n1ccs1)c1ccccc1OC(F)F. The summed E-state index contributed by atoms with van der Waals surface area (Å²) in [7, 11) is 0. The van der Waals surface area contributed by atoms with Gasteiger partial charge in [0.1, 0.15) is 5.75 Å². The summed E-state index contributed by atoms with van der Waals surface area (Å²) < 4.78 is 30.6. The number of para-hydroxylation sites is 1. The standard InChI is InChI=1S/C11H10F2N2OS/c12-11(13)16-10-4-2-1-3-8(10)9(14)7-15-5-6-17-15/h1-7,11H,14H2/b9-7-. The molecular weight excluding hydrogens is 246 g/mol. The first-order valence-electron chi connectivity index (χ1n) is 4.80. The smallest absolute Gasteiger partial charge is 0.387 e. The van der Waals surface area contributed by atoms with Crippen LogP contribution >= 0.6 is 11.5 Å². The van der Waals surface area contributed by atoms with Gasteiger partial charge in [0.2, 0.25) is 0 Å². The van der Waals surface area contributed by atoms with Crippen molar-refractivity contribution in [2.45, 2.75) is 6.61 Å². The number of hydrogen-bond donors (Lipinski definition) is 1. The molecule has 2 rings (SSSR count). The fraction of sp³-hybridized carbons (Fsp3) is 0.0909. The molecule has 1 aromatic heterocycles. The number of nitrogens with two attached hydrogens (primary N) is 1. The lowest BCUT2D eigenvalue weighted by molar-refractivity contribution is -0.0500. The molecule has 90 valence electrons. The molecule has 1 heterocycles. The Hall–Kier alpha value is -1.82. The number of nitrogens with zero attached hydrogens (tertiary/aromatic N) is 1. The summed E-state index contributed by atoms with van der Waals surface area (Å²) in [6, 6.07) is 6.43. The second-order valence-corrected chi connectivity index (χ2v) is 4.11. The van der Waals surface area contributed by atoms with Gasteiger partial charge >= 0.3 is 6.61 Å². The maximum atomic E-state index is 12.2. The van der Waals surface area contributed by atoms with E-state index >= 15 is 0 Å². The highest BCUT2D eigenvalue weighted by Crippen LogP contribution is 2.25. The van der Waals surface area contributed by atoms with Gasteiger partial charge < -0.3 is 10.5 Å². The van der Waals surface area contributed by atoms with Gasteiger partial charge in [0.15, 0.2) is 0 Å². The van der Waals surface area contributed by atoms with Gasteiger partial charge in [-0.3, -0.25) is 3.96 Å². The molecule has 0 saturated carbocycles. The van der Waals surface area contributed by atoms with E-state index in [1.165, 1.54) is 17.6 Å². The van der Waals surface area contributed by atoms with Crippen molar-refractivity contribution in [3.05, 3.63) is 41.4 Å². The Bertz CT molecular complexity index is 510. The van der Waals surface area contributed by atoms with Crippen LogP contribution in [0.5, 0.6) is 5.75 Å². The largest absolute Gasteiger partial charge is 0.434 e. The molecular formula is C11H10F2N2OS. The normalized spacial score (nSPS) is 12.1. The highest BCUT2D eigenvalue weighted by Gasteiger charge is 2.10. The minimum atomic E-state index is -2.86. The minimum Gasteiger partial charge on any atom is -0.434 e. The van der Waals surface area contributed by atoms with Crippen molar-refractivity contribution in [2.75, 3.05) is 0 Å². The number of ether oxygens (including phenoxy) is 1.